The molecule has 4 aliphatic rings. The van der Waals surface area contributed by atoms with E-state index in [1.165, 1.54) is 95.2 Å². The van der Waals surface area contributed by atoms with Gasteiger partial charge in [0.15, 0.2) is 0 Å². The molecule has 1 unspecified atom stereocenters. The minimum Gasteiger partial charge on any atom is -0.462 e. The Kier molecular flexibility index (Phi) is 25.7. The molecule has 4 rings (SSSR count). The Bertz CT molecular complexity index is 1450. The summed E-state index contributed by atoms with van der Waals surface area (Å²) in [4.78, 5) is 42.6. The molecular formula is C57H100N2O5S. The predicted molar refractivity (Wildman–Crippen MR) is 275 cm³/mol. The van der Waals surface area contributed by atoms with Crippen molar-refractivity contribution in [3.63, 3.8) is 0 Å². The van der Waals surface area contributed by atoms with Crippen LogP contribution in [0.5, 0.6) is 0 Å². The van der Waals surface area contributed by atoms with Gasteiger partial charge in [-0.25, -0.2) is 0 Å². The second-order valence-corrected chi connectivity index (χ2v) is 23.6. The molecule has 7 nitrogen and oxygen atoms in total. The summed E-state index contributed by atoms with van der Waals surface area (Å²) >= 11 is 1.44. The van der Waals surface area contributed by atoms with Gasteiger partial charge in [0, 0.05) is 44.6 Å². The molecule has 0 bridgehead atoms. The highest BCUT2D eigenvalue weighted by Gasteiger charge is 2.59. The zero-order valence-corrected chi connectivity index (χ0v) is 44.3. The Balaban J connectivity index is 1.08. The Labute approximate surface area is 404 Å². The van der Waals surface area contributed by atoms with Crippen LogP contribution in [-0.2, 0) is 19.1 Å². The van der Waals surface area contributed by atoms with Gasteiger partial charge in [-0.05, 0) is 144 Å². The van der Waals surface area contributed by atoms with Gasteiger partial charge in [-0.2, -0.15) is 0 Å². The van der Waals surface area contributed by atoms with E-state index in [1.54, 1.807) is 5.57 Å². The normalized spacial score (nSPS) is 26.7. The van der Waals surface area contributed by atoms with Gasteiger partial charge in [-0.1, -0.05) is 154 Å². The number of unbranched alkanes of at least 4 members (excludes halogenated alkanes) is 12. The molecule has 0 radical (unpaired) electrons. The van der Waals surface area contributed by atoms with Crippen LogP contribution in [0.4, 0.5) is 4.79 Å². The van der Waals surface area contributed by atoms with Crippen LogP contribution in [0.1, 0.15) is 221 Å². The molecule has 8 atom stereocenters. The van der Waals surface area contributed by atoms with Gasteiger partial charge in [0.05, 0.1) is 0 Å². The smallest absolute Gasteiger partial charge is 0.306 e. The number of thioether (sulfide) groups is 1. The van der Waals surface area contributed by atoms with Crippen LogP contribution in [0.3, 0.4) is 0 Å². The largest absolute Gasteiger partial charge is 0.462 e. The number of fused-ring (bicyclic) bond motifs is 5. The number of amides is 1. The molecule has 3 saturated carbocycles. The maximum atomic E-state index is 13.2. The van der Waals surface area contributed by atoms with Crippen LogP contribution in [0.15, 0.2) is 23.8 Å². The lowest BCUT2D eigenvalue weighted by atomic mass is 9.47. The first-order valence-electron chi connectivity index (χ1n) is 27.5. The lowest BCUT2D eigenvalue weighted by molar-refractivity contribution is -0.151. The standard InChI is InChI=1S/C57H100N2O5S/c1-9-10-11-12-13-20-25-42-63-53(60)29-21-16-14-18-23-39-59(55(62)65-43-41-58(7)8)40-24-19-15-17-22-30-54(61)64-48-35-37-56(5)47(44-48)31-32-49-51-34-33-50(46(4)28-26-27-45(2)3)57(51,6)38-36-52(49)56/h20,25,31,45-46,48-52H,9-19,21-24,26-30,32-44H2,1-8H3/b25-20-/t46-,48+,49?,50-,51+,52+,56+,57-/m1/s1. The number of rotatable bonds is 32. The molecule has 0 N–H and O–H groups in total. The lowest BCUT2D eigenvalue weighted by Crippen LogP contribution is -2.51. The summed E-state index contributed by atoms with van der Waals surface area (Å²) in [7, 11) is 4.10. The van der Waals surface area contributed by atoms with E-state index >= 15 is 0 Å². The Morgan fingerprint density at radius 1 is 0.754 bits per heavy atom. The van der Waals surface area contributed by atoms with Crippen LogP contribution in [0, 0.1) is 46.3 Å². The van der Waals surface area contributed by atoms with Crippen molar-refractivity contribution < 1.29 is 23.9 Å². The van der Waals surface area contributed by atoms with Crippen molar-refractivity contribution in [2.24, 2.45) is 46.3 Å². The molecule has 0 saturated heterocycles. The van der Waals surface area contributed by atoms with Crippen LogP contribution in [-0.4, -0.2) is 79.2 Å². The van der Waals surface area contributed by atoms with Gasteiger partial charge in [0.1, 0.15) is 12.7 Å². The summed E-state index contributed by atoms with van der Waals surface area (Å²) in [6, 6.07) is 0. The lowest BCUT2D eigenvalue weighted by Gasteiger charge is -2.58. The molecule has 0 heterocycles. The molecule has 0 aromatic carbocycles. The number of esters is 2. The van der Waals surface area contributed by atoms with E-state index in [0.29, 0.717) is 24.9 Å². The van der Waals surface area contributed by atoms with E-state index in [-0.39, 0.29) is 28.7 Å². The molecule has 8 heteroatoms. The van der Waals surface area contributed by atoms with Crippen molar-refractivity contribution in [2.75, 3.05) is 46.1 Å². The first kappa shape index (κ1) is 55.8. The molecule has 0 spiro atoms. The van der Waals surface area contributed by atoms with E-state index < -0.39 is 0 Å². The second kappa shape index (κ2) is 29.9. The molecule has 65 heavy (non-hydrogen) atoms. The number of hydrogen-bond donors (Lipinski definition) is 0. The average Bonchev–Trinajstić information content (AvgIpc) is 3.63. The van der Waals surface area contributed by atoms with Crippen molar-refractivity contribution in [2.45, 2.75) is 227 Å². The van der Waals surface area contributed by atoms with Gasteiger partial charge < -0.3 is 19.3 Å². The molecular weight excluding hydrogens is 825 g/mol. The number of carbonyl (C=O) groups excluding carboxylic acids is 3. The summed E-state index contributed by atoms with van der Waals surface area (Å²) in [5, 5.41) is 0.195. The zero-order chi connectivity index (χ0) is 47.1. The number of carbonyl (C=O) groups is 3. The average molecular weight is 926 g/mol. The van der Waals surface area contributed by atoms with Crippen LogP contribution < -0.4 is 0 Å². The quantitative estimate of drug-likeness (QED) is 0.0378. The van der Waals surface area contributed by atoms with Crippen LogP contribution >= 0.6 is 11.8 Å². The summed E-state index contributed by atoms with van der Waals surface area (Å²) in [6.45, 7) is 17.7. The fourth-order valence-electron chi connectivity index (χ4n) is 13.0. The highest BCUT2D eigenvalue weighted by atomic mass is 32.2. The SMILES string of the molecule is CCCCCC/C=C\COC(=O)CCCCCCCN(CCCCCCCC(=O)O[C@H]1CC[C@@]2(C)C(=CCC3[C@@H]4CC[C@H]([C@H](C)CCCC(C)C)[C@@]4(C)CC[C@@H]32)C1)C(=O)SCCN(C)C. The summed E-state index contributed by atoms with van der Waals surface area (Å²) in [5.41, 5.74) is 2.40. The van der Waals surface area contributed by atoms with Gasteiger partial charge in [0.25, 0.3) is 5.24 Å². The van der Waals surface area contributed by atoms with Crippen molar-refractivity contribution in [3.8, 4) is 0 Å². The maximum absolute atomic E-state index is 13.2. The van der Waals surface area contributed by atoms with E-state index in [4.69, 9.17) is 9.47 Å². The van der Waals surface area contributed by atoms with Gasteiger partial charge >= 0.3 is 11.9 Å². The van der Waals surface area contributed by atoms with Crippen LogP contribution in [0.25, 0.3) is 0 Å². The molecule has 374 valence electrons. The number of allylic oxidation sites excluding steroid dienone is 2. The van der Waals surface area contributed by atoms with Crippen molar-refractivity contribution >= 4 is 28.9 Å². The second-order valence-electron chi connectivity index (χ2n) is 22.6. The third kappa shape index (κ3) is 18.6. The first-order valence-corrected chi connectivity index (χ1v) is 28.5. The van der Waals surface area contributed by atoms with E-state index in [9.17, 15) is 14.4 Å². The monoisotopic (exact) mass is 925 g/mol. The summed E-state index contributed by atoms with van der Waals surface area (Å²) < 4.78 is 11.6. The van der Waals surface area contributed by atoms with Crippen molar-refractivity contribution in [1.29, 1.82) is 0 Å². The van der Waals surface area contributed by atoms with Gasteiger partial charge in [-0.3, -0.25) is 14.4 Å². The molecule has 0 aromatic heterocycles. The topological polar surface area (TPSA) is 76.1 Å². The third-order valence-electron chi connectivity index (χ3n) is 16.9. The molecule has 1 amide bonds. The van der Waals surface area contributed by atoms with E-state index in [0.717, 1.165) is 144 Å². The van der Waals surface area contributed by atoms with Crippen molar-refractivity contribution in [1.82, 2.24) is 9.80 Å². The Hall–Kier alpha value is -1.80. The number of ether oxygens (including phenoxy) is 2. The fourth-order valence-corrected chi connectivity index (χ4v) is 14.0. The maximum Gasteiger partial charge on any atom is 0.306 e. The third-order valence-corrected chi connectivity index (χ3v) is 17.8. The highest BCUT2D eigenvalue weighted by molar-refractivity contribution is 8.13. The van der Waals surface area contributed by atoms with E-state index in [1.807, 2.05) is 20.2 Å². The molecule has 4 aliphatic carbocycles. The fraction of sp³-hybridized carbons (Fsp3) is 0.877. The summed E-state index contributed by atoms with van der Waals surface area (Å²) in [5.74, 6) is 5.76. The van der Waals surface area contributed by atoms with Gasteiger partial charge in [0.2, 0.25) is 0 Å². The summed E-state index contributed by atoms with van der Waals surface area (Å²) in [6.07, 6.45) is 38.1. The highest BCUT2D eigenvalue weighted by Crippen LogP contribution is 2.67. The number of nitrogens with zero attached hydrogens (tertiary/aromatic N) is 2. The number of hydrogen-bond acceptors (Lipinski definition) is 7. The van der Waals surface area contributed by atoms with E-state index in [2.05, 4.69) is 63.5 Å². The predicted octanol–water partition coefficient (Wildman–Crippen LogP) is 15.4. The van der Waals surface area contributed by atoms with Gasteiger partial charge in [-0.15, -0.1) is 0 Å². The Morgan fingerprint density at radius 2 is 1.43 bits per heavy atom. The molecule has 0 aliphatic heterocycles. The minimum atomic E-state index is -0.102. The minimum absolute atomic E-state index is 0.0106. The van der Waals surface area contributed by atoms with Crippen LogP contribution in [0.2, 0.25) is 0 Å². The molecule has 0 aromatic rings. The zero-order valence-electron chi connectivity index (χ0n) is 43.5. The first-order chi connectivity index (χ1) is 31.3. The Morgan fingerprint density at radius 3 is 2.12 bits per heavy atom. The molecule has 3 fully saturated rings. The van der Waals surface area contributed by atoms with Crippen molar-refractivity contribution in [3.05, 3.63) is 23.8 Å².